The first kappa shape index (κ1) is 17.4. The molecule has 0 radical (unpaired) electrons. The van der Waals surface area contributed by atoms with E-state index in [2.05, 4.69) is 33.7 Å². The number of nitrogens with zero attached hydrogens (tertiary/aromatic N) is 4. The highest BCUT2D eigenvalue weighted by Gasteiger charge is 2.42. The van der Waals surface area contributed by atoms with Gasteiger partial charge in [0.1, 0.15) is 0 Å². The summed E-state index contributed by atoms with van der Waals surface area (Å²) in [5.41, 5.74) is 3.28. The monoisotopic (exact) mass is 362 g/mol. The Hall–Kier alpha value is -0.980. The van der Waals surface area contributed by atoms with E-state index in [-0.39, 0.29) is 5.54 Å². The smallest absolute Gasteiger partial charge is 0.222 e. The van der Waals surface area contributed by atoms with Gasteiger partial charge in [0.15, 0.2) is 0 Å². The average Bonchev–Trinajstić information content (AvgIpc) is 3.35. The number of likely N-dealkylation sites (N-methyl/N-ethyl adjacent to an activating group) is 1. The SMILES string of the molecule is Cc1ncsc1CN1CCN(C)[C@]2(CCC(=O)N(CC3CC3)CC2)C1. The molecule has 1 atom stereocenters. The van der Waals surface area contributed by atoms with E-state index in [1.54, 1.807) is 11.3 Å². The fraction of sp³-hybridized carbons (Fsp3) is 0.789. The summed E-state index contributed by atoms with van der Waals surface area (Å²) in [6.45, 7) is 8.33. The van der Waals surface area contributed by atoms with Gasteiger partial charge < -0.3 is 4.90 Å². The lowest BCUT2D eigenvalue weighted by molar-refractivity contribution is -0.131. The van der Waals surface area contributed by atoms with Gasteiger partial charge in [-0.2, -0.15) is 0 Å². The summed E-state index contributed by atoms with van der Waals surface area (Å²) >= 11 is 1.77. The number of hydrogen-bond acceptors (Lipinski definition) is 5. The van der Waals surface area contributed by atoms with Gasteiger partial charge in [0.05, 0.1) is 11.2 Å². The molecular weight excluding hydrogens is 332 g/mol. The molecule has 4 rings (SSSR count). The third-order valence-electron chi connectivity index (χ3n) is 6.47. The van der Waals surface area contributed by atoms with E-state index < -0.39 is 0 Å². The van der Waals surface area contributed by atoms with Crippen LogP contribution in [0, 0.1) is 12.8 Å². The Balaban J connectivity index is 1.44. The first-order chi connectivity index (χ1) is 12.1. The van der Waals surface area contributed by atoms with Crippen LogP contribution < -0.4 is 0 Å². The van der Waals surface area contributed by atoms with Crippen LogP contribution in [0.25, 0.3) is 0 Å². The van der Waals surface area contributed by atoms with Crippen molar-refractivity contribution in [2.24, 2.45) is 5.92 Å². The average molecular weight is 363 g/mol. The molecule has 0 aromatic carbocycles. The molecule has 2 saturated heterocycles. The predicted octanol–water partition coefficient (Wildman–Crippen LogP) is 2.36. The van der Waals surface area contributed by atoms with Crippen molar-refractivity contribution in [2.75, 3.05) is 39.8 Å². The summed E-state index contributed by atoms with van der Waals surface area (Å²) < 4.78 is 0. The molecule has 1 aliphatic carbocycles. The Kier molecular flexibility index (Phi) is 4.86. The zero-order chi connectivity index (χ0) is 17.4. The molecule has 1 aromatic heterocycles. The van der Waals surface area contributed by atoms with Crippen molar-refractivity contribution in [2.45, 2.75) is 51.1 Å². The van der Waals surface area contributed by atoms with E-state index in [1.807, 2.05) is 5.51 Å². The maximum atomic E-state index is 12.6. The fourth-order valence-electron chi connectivity index (χ4n) is 4.40. The van der Waals surface area contributed by atoms with Crippen LogP contribution in [0.4, 0.5) is 0 Å². The molecule has 5 nitrogen and oxygen atoms in total. The second-order valence-electron chi connectivity index (χ2n) is 8.25. The summed E-state index contributed by atoms with van der Waals surface area (Å²) in [5, 5.41) is 0. The molecular formula is C19H30N4OS. The molecule has 3 heterocycles. The normalized spacial score (nSPS) is 29.4. The second kappa shape index (κ2) is 6.97. The molecule has 1 aromatic rings. The molecule has 0 N–H and O–H groups in total. The van der Waals surface area contributed by atoms with E-state index in [0.29, 0.717) is 12.3 Å². The summed E-state index contributed by atoms with van der Waals surface area (Å²) in [4.78, 5) is 25.7. The lowest BCUT2D eigenvalue weighted by Gasteiger charge is -2.49. The minimum Gasteiger partial charge on any atom is -0.342 e. The molecule has 0 bridgehead atoms. The van der Waals surface area contributed by atoms with Crippen LogP contribution in [-0.2, 0) is 11.3 Å². The van der Waals surface area contributed by atoms with Crippen LogP contribution >= 0.6 is 11.3 Å². The van der Waals surface area contributed by atoms with Crippen molar-refractivity contribution in [3.05, 3.63) is 16.1 Å². The van der Waals surface area contributed by atoms with Gasteiger partial charge >= 0.3 is 0 Å². The summed E-state index contributed by atoms with van der Waals surface area (Å²) in [7, 11) is 2.26. The van der Waals surface area contributed by atoms with Crippen LogP contribution in [-0.4, -0.2) is 70.9 Å². The number of thiazole rings is 1. The van der Waals surface area contributed by atoms with Crippen molar-refractivity contribution < 1.29 is 4.79 Å². The number of carbonyl (C=O) groups is 1. The molecule has 1 saturated carbocycles. The second-order valence-corrected chi connectivity index (χ2v) is 9.19. The third-order valence-corrected chi connectivity index (χ3v) is 7.39. The van der Waals surface area contributed by atoms with Gasteiger partial charge in [0.2, 0.25) is 5.91 Å². The van der Waals surface area contributed by atoms with Crippen molar-refractivity contribution in [3.8, 4) is 0 Å². The highest BCUT2D eigenvalue weighted by molar-refractivity contribution is 7.09. The van der Waals surface area contributed by atoms with Crippen molar-refractivity contribution in [3.63, 3.8) is 0 Å². The Labute approximate surface area is 155 Å². The van der Waals surface area contributed by atoms with Crippen LogP contribution in [0.1, 0.15) is 42.7 Å². The van der Waals surface area contributed by atoms with Gasteiger partial charge in [-0.25, -0.2) is 4.98 Å². The zero-order valence-corrected chi connectivity index (χ0v) is 16.4. The highest BCUT2D eigenvalue weighted by Crippen LogP contribution is 2.35. The van der Waals surface area contributed by atoms with Crippen molar-refractivity contribution >= 4 is 17.2 Å². The zero-order valence-electron chi connectivity index (χ0n) is 15.5. The lowest BCUT2D eigenvalue weighted by Crippen LogP contribution is -2.60. The third kappa shape index (κ3) is 3.76. The number of piperazine rings is 1. The number of hydrogen-bond donors (Lipinski definition) is 0. The number of carbonyl (C=O) groups excluding carboxylic acids is 1. The van der Waals surface area contributed by atoms with Crippen LogP contribution in [0.15, 0.2) is 5.51 Å². The molecule has 6 heteroatoms. The lowest BCUT2D eigenvalue weighted by atomic mass is 9.86. The Bertz CT molecular complexity index is 629. The summed E-state index contributed by atoms with van der Waals surface area (Å²) in [5.74, 6) is 1.17. The minimum absolute atomic E-state index is 0.158. The largest absolute Gasteiger partial charge is 0.342 e. The quantitative estimate of drug-likeness (QED) is 0.824. The van der Waals surface area contributed by atoms with Crippen LogP contribution in [0.2, 0.25) is 0 Å². The van der Waals surface area contributed by atoms with Gasteiger partial charge in [0, 0.05) is 56.1 Å². The molecule has 25 heavy (non-hydrogen) atoms. The number of aryl methyl sites for hydroxylation is 1. The Morgan fingerprint density at radius 3 is 2.84 bits per heavy atom. The van der Waals surface area contributed by atoms with Crippen LogP contribution in [0.3, 0.4) is 0 Å². The van der Waals surface area contributed by atoms with Gasteiger partial charge in [0.25, 0.3) is 0 Å². The maximum Gasteiger partial charge on any atom is 0.222 e. The van der Waals surface area contributed by atoms with E-state index in [1.165, 1.54) is 23.4 Å². The molecule has 2 aliphatic heterocycles. The van der Waals surface area contributed by atoms with Gasteiger partial charge in [-0.15, -0.1) is 11.3 Å². The molecule has 1 spiro atoms. The number of likely N-dealkylation sites (tertiary alicyclic amines) is 1. The number of rotatable bonds is 4. The fourth-order valence-corrected chi connectivity index (χ4v) is 5.21. The Morgan fingerprint density at radius 2 is 2.12 bits per heavy atom. The van der Waals surface area contributed by atoms with Gasteiger partial charge in [-0.1, -0.05) is 0 Å². The molecule has 0 unspecified atom stereocenters. The molecule has 3 fully saturated rings. The topological polar surface area (TPSA) is 39.7 Å². The molecule has 1 amide bonds. The van der Waals surface area contributed by atoms with E-state index in [9.17, 15) is 4.79 Å². The standard InChI is InChI=1S/C19H30N4OS/c1-15-17(25-14-20-15)12-22-10-9-21(2)19(13-22)6-5-18(24)23(8-7-19)11-16-3-4-16/h14,16H,3-13H2,1-2H3/t19-/m0/s1. The first-order valence-electron chi connectivity index (χ1n) is 9.66. The first-order valence-corrected chi connectivity index (χ1v) is 10.5. The van der Waals surface area contributed by atoms with Crippen molar-refractivity contribution in [1.82, 2.24) is 19.7 Å². The van der Waals surface area contributed by atoms with E-state index in [4.69, 9.17) is 0 Å². The van der Waals surface area contributed by atoms with Gasteiger partial charge in [-0.3, -0.25) is 14.6 Å². The number of amides is 1. The van der Waals surface area contributed by atoms with Crippen LogP contribution in [0.5, 0.6) is 0 Å². The van der Waals surface area contributed by atoms with Gasteiger partial charge in [-0.05, 0) is 45.6 Å². The predicted molar refractivity (Wildman–Crippen MR) is 101 cm³/mol. The summed E-state index contributed by atoms with van der Waals surface area (Å²) in [6, 6.07) is 0. The molecule has 3 aliphatic rings. The summed E-state index contributed by atoms with van der Waals surface area (Å²) in [6.07, 6.45) is 5.46. The molecule has 138 valence electrons. The minimum atomic E-state index is 0.158. The number of aromatic nitrogens is 1. The highest BCUT2D eigenvalue weighted by atomic mass is 32.1. The Morgan fingerprint density at radius 1 is 1.28 bits per heavy atom. The van der Waals surface area contributed by atoms with E-state index >= 15 is 0 Å². The maximum absolute atomic E-state index is 12.6. The van der Waals surface area contributed by atoms with Crippen molar-refractivity contribution in [1.29, 1.82) is 0 Å². The van der Waals surface area contributed by atoms with E-state index in [0.717, 1.165) is 58.0 Å².